The second-order valence-corrected chi connectivity index (χ2v) is 5.44. The molecule has 1 aliphatic rings. The fourth-order valence-corrected chi connectivity index (χ4v) is 2.67. The van der Waals surface area contributed by atoms with E-state index < -0.39 is 12.0 Å². The zero-order chi connectivity index (χ0) is 14.5. The summed E-state index contributed by atoms with van der Waals surface area (Å²) in [5.41, 5.74) is 7.25. The van der Waals surface area contributed by atoms with E-state index in [0.29, 0.717) is 0 Å². The van der Waals surface area contributed by atoms with Gasteiger partial charge in [-0.3, -0.25) is 9.69 Å². The fraction of sp³-hybridized carbons (Fsp3) is 0.533. The minimum Gasteiger partial charge on any atom is -0.392 e. The Bertz CT molecular complexity index is 439. The number of benzene rings is 1. The molecule has 1 heterocycles. The van der Waals surface area contributed by atoms with Crippen molar-refractivity contribution < 1.29 is 15.0 Å². The number of rotatable bonds is 5. The lowest BCUT2D eigenvalue weighted by atomic mass is 9.90. The topological polar surface area (TPSA) is 86.8 Å². The Kier molecular flexibility index (Phi) is 5.11. The van der Waals surface area contributed by atoms with Crippen LogP contribution >= 0.6 is 0 Å². The Labute approximate surface area is 119 Å². The number of carbonyl (C=O) groups is 1. The molecule has 1 aliphatic heterocycles. The number of aliphatic hydroxyl groups excluding tert-OH is 2. The van der Waals surface area contributed by atoms with Crippen molar-refractivity contribution in [2.24, 2.45) is 11.7 Å². The van der Waals surface area contributed by atoms with E-state index in [1.807, 2.05) is 24.3 Å². The third-order valence-electron chi connectivity index (χ3n) is 3.98. The predicted octanol–water partition coefficient (Wildman–Crippen LogP) is 0.237. The van der Waals surface area contributed by atoms with Crippen LogP contribution in [-0.4, -0.2) is 40.2 Å². The SMILES string of the molecule is NC(=O)[C@@H](O)C1CCN(Cc2ccc(CO)cc2)CC1. The molecule has 0 aliphatic carbocycles. The molecule has 1 aromatic rings. The van der Waals surface area contributed by atoms with Gasteiger partial charge in [0.1, 0.15) is 6.10 Å². The molecule has 5 heteroatoms. The van der Waals surface area contributed by atoms with Crippen LogP contribution in [0.5, 0.6) is 0 Å². The van der Waals surface area contributed by atoms with E-state index in [2.05, 4.69) is 4.90 Å². The van der Waals surface area contributed by atoms with Gasteiger partial charge in [0.25, 0.3) is 0 Å². The van der Waals surface area contributed by atoms with Crippen LogP contribution in [0, 0.1) is 5.92 Å². The molecule has 110 valence electrons. The van der Waals surface area contributed by atoms with Gasteiger partial charge in [0.15, 0.2) is 0 Å². The molecule has 20 heavy (non-hydrogen) atoms. The van der Waals surface area contributed by atoms with Gasteiger partial charge >= 0.3 is 0 Å². The van der Waals surface area contributed by atoms with Crippen molar-refractivity contribution in [3.8, 4) is 0 Å². The van der Waals surface area contributed by atoms with Gasteiger partial charge in [-0.25, -0.2) is 0 Å². The van der Waals surface area contributed by atoms with Crippen LogP contribution in [0.4, 0.5) is 0 Å². The number of nitrogens with two attached hydrogens (primary N) is 1. The van der Waals surface area contributed by atoms with Crippen molar-refractivity contribution in [1.82, 2.24) is 4.90 Å². The molecule has 0 radical (unpaired) electrons. The highest BCUT2D eigenvalue weighted by Gasteiger charge is 2.28. The van der Waals surface area contributed by atoms with Gasteiger partial charge in [0, 0.05) is 6.54 Å². The standard InChI is InChI=1S/C15H22N2O3/c16-15(20)14(19)13-5-7-17(8-6-13)9-11-1-3-12(10-18)4-2-11/h1-4,13-14,18-19H,5-10H2,(H2,16,20)/t14-/m0/s1. The molecule has 0 saturated carbocycles. The first-order valence-electron chi connectivity index (χ1n) is 6.98. The summed E-state index contributed by atoms with van der Waals surface area (Å²) in [5.74, 6) is -0.636. The van der Waals surface area contributed by atoms with Gasteiger partial charge in [-0.05, 0) is 43.0 Å². The Morgan fingerprint density at radius 2 is 1.80 bits per heavy atom. The van der Waals surface area contributed by atoms with E-state index >= 15 is 0 Å². The van der Waals surface area contributed by atoms with Gasteiger partial charge in [0.05, 0.1) is 6.61 Å². The van der Waals surface area contributed by atoms with E-state index in [1.165, 1.54) is 5.56 Å². The highest BCUT2D eigenvalue weighted by atomic mass is 16.3. The predicted molar refractivity (Wildman–Crippen MR) is 75.6 cm³/mol. The van der Waals surface area contributed by atoms with Crippen LogP contribution in [0.25, 0.3) is 0 Å². The van der Waals surface area contributed by atoms with Crippen molar-refractivity contribution in [1.29, 1.82) is 0 Å². The summed E-state index contributed by atoms with van der Waals surface area (Å²) in [6.45, 7) is 2.63. The summed E-state index contributed by atoms with van der Waals surface area (Å²) >= 11 is 0. The maximum Gasteiger partial charge on any atom is 0.246 e. The average molecular weight is 278 g/mol. The van der Waals surface area contributed by atoms with Crippen molar-refractivity contribution in [3.05, 3.63) is 35.4 Å². The number of hydrogen-bond acceptors (Lipinski definition) is 4. The molecule has 1 aromatic carbocycles. The zero-order valence-electron chi connectivity index (χ0n) is 11.5. The third-order valence-corrected chi connectivity index (χ3v) is 3.98. The maximum absolute atomic E-state index is 11.0. The number of amides is 1. The van der Waals surface area contributed by atoms with E-state index in [4.69, 9.17) is 10.8 Å². The monoisotopic (exact) mass is 278 g/mol. The molecule has 1 atom stereocenters. The minimum atomic E-state index is -1.01. The van der Waals surface area contributed by atoms with Crippen LogP contribution in [0.2, 0.25) is 0 Å². The summed E-state index contributed by atoms with van der Waals surface area (Å²) in [4.78, 5) is 13.3. The second kappa shape index (κ2) is 6.83. The fourth-order valence-electron chi connectivity index (χ4n) is 2.67. The molecule has 0 unspecified atom stereocenters. The van der Waals surface area contributed by atoms with Crippen LogP contribution < -0.4 is 5.73 Å². The van der Waals surface area contributed by atoms with Gasteiger partial charge in [-0.2, -0.15) is 0 Å². The first-order valence-corrected chi connectivity index (χ1v) is 6.98. The van der Waals surface area contributed by atoms with Crippen molar-refractivity contribution in [2.75, 3.05) is 13.1 Å². The molecular weight excluding hydrogens is 256 g/mol. The second-order valence-electron chi connectivity index (χ2n) is 5.44. The molecular formula is C15H22N2O3. The van der Waals surface area contributed by atoms with Gasteiger partial charge < -0.3 is 15.9 Å². The zero-order valence-corrected chi connectivity index (χ0v) is 11.5. The molecule has 1 fully saturated rings. The highest BCUT2D eigenvalue weighted by molar-refractivity contribution is 5.78. The number of nitrogens with zero attached hydrogens (tertiary/aromatic N) is 1. The quantitative estimate of drug-likeness (QED) is 0.720. The summed E-state index contributed by atoms with van der Waals surface area (Å²) in [6.07, 6.45) is 0.568. The largest absolute Gasteiger partial charge is 0.392 e. The average Bonchev–Trinajstić information content (AvgIpc) is 2.48. The first kappa shape index (κ1) is 15.0. The van der Waals surface area contributed by atoms with Crippen LogP contribution in [0.3, 0.4) is 0 Å². The number of piperidine rings is 1. The van der Waals surface area contributed by atoms with E-state index in [9.17, 15) is 9.90 Å². The molecule has 0 aromatic heterocycles. The van der Waals surface area contributed by atoms with Crippen LogP contribution in [0.15, 0.2) is 24.3 Å². The number of aliphatic hydroxyl groups is 2. The lowest BCUT2D eigenvalue weighted by Crippen LogP contribution is -2.42. The molecule has 1 amide bonds. The molecule has 5 nitrogen and oxygen atoms in total. The molecule has 1 saturated heterocycles. The first-order chi connectivity index (χ1) is 9.60. The smallest absolute Gasteiger partial charge is 0.246 e. The number of primary amides is 1. The molecule has 0 spiro atoms. The van der Waals surface area contributed by atoms with E-state index in [-0.39, 0.29) is 12.5 Å². The normalized spacial score (nSPS) is 18.9. The van der Waals surface area contributed by atoms with Gasteiger partial charge in [-0.15, -0.1) is 0 Å². The van der Waals surface area contributed by atoms with Gasteiger partial charge in [0.2, 0.25) is 5.91 Å². The minimum absolute atomic E-state index is 0.0134. The Balaban J connectivity index is 1.83. The Morgan fingerprint density at radius 1 is 1.25 bits per heavy atom. The van der Waals surface area contributed by atoms with Crippen LogP contribution in [0.1, 0.15) is 24.0 Å². The highest BCUT2D eigenvalue weighted by Crippen LogP contribution is 2.22. The summed E-state index contributed by atoms with van der Waals surface area (Å²) < 4.78 is 0. The Hall–Kier alpha value is -1.43. The third kappa shape index (κ3) is 3.79. The van der Waals surface area contributed by atoms with E-state index in [1.54, 1.807) is 0 Å². The van der Waals surface area contributed by atoms with Crippen LogP contribution in [-0.2, 0) is 17.9 Å². The molecule has 0 bridgehead atoms. The Morgan fingerprint density at radius 3 is 2.30 bits per heavy atom. The summed E-state index contributed by atoms with van der Waals surface area (Å²) in [5, 5.41) is 18.7. The van der Waals surface area contributed by atoms with Crippen molar-refractivity contribution in [2.45, 2.75) is 32.1 Å². The number of likely N-dealkylation sites (tertiary alicyclic amines) is 1. The lowest BCUT2D eigenvalue weighted by Gasteiger charge is -2.33. The maximum atomic E-state index is 11.0. The lowest BCUT2D eigenvalue weighted by molar-refractivity contribution is -0.129. The van der Waals surface area contributed by atoms with Crippen molar-refractivity contribution in [3.63, 3.8) is 0 Å². The van der Waals surface area contributed by atoms with E-state index in [0.717, 1.165) is 38.0 Å². The summed E-state index contributed by atoms with van der Waals surface area (Å²) in [6, 6.07) is 7.91. The summed E-state index contributed by atoms with van der Waals surface area (Å²) in [7, 11) is 0. The molecule has 4 N–H and O–H groups in total. The van der Waals surface area contributed by atoms with Crippen molar-refractivity contribution >= 4 is 5.91 Å². The molecule has 2 rings (SSSR count). The number of carbonyl (C=O) groups excluding carboxylic acids is 1. The number of hydrogen-bond donors (Lipinski definition) is 3. The van der Waals surface area contributed by atoms with Gasteiger partial charge in [-0.1, -0.05) is 24.3 Å².